The smallest absolute Gasteiger partial charge is 0.165 e. The normalized spacial score (nSPS) is 39.4. The third kappa shape index (κ3) is 3.57. The summed E-state index contributed by atoms with van der Waals surface area (Å²) in [4.78, 5) is 0. The van der Waals surface area contributed by atoms with Crippen molar-refractivity contribution in [3.63, 3.8) is 0 Å². The minimum absolute atomic E-state index is 0.00177. The lowest BCUT2D eigenvalue weighted by Gasteiger charge is -2.40. The molecule has 1 aromatic rings. The topological polar surface area (TPSA) is 0 Å². The van der Waals surface area contributed by atoms with E-state index in [-0.39, 0.29) is 23.0 Å². The van der Waals surface area contributed by atoms with Gasteiger partial charge in [0.05, 0.1) is 0 Å². The van der Waals surface area contributed by atoms with E-state index in [4.69, 9.17) is 0 Å². The summed E-state index contributed by atoms with van der Waals surface area (Å²) in [6, 6.07) is 1.67. The van der Waals surface area contributed by atoms with Crippen molar-refractivity contribution in [3.05, 3.63) is 34.4 Å². The zero-order valence-corrected chi connectivity index (χ0v) is 18.5. The average Bonchev–Trinajstić information content (AvgIpc) is 2.91. The van der Waals surface area contributed by atoms with E-state index in [2.05, 4.69) is 22.6 Å². The maximum atomic E-state index is 15.7. The molecule has 0 N–H and O–H groups in total. The molecule has 27 heavy (non-hydrogen) atoms. The first-order valence-corrected chi connectivity index (χ1v) is 11.8. The third-order valence-corrected chi connectivity index (χ3v) is 9.09. The number of alkyl halides is 2. The van der Waals surface area contributed by atoms with Crippen LogP contribution in [0.2, 0.25) is 0 Å². The summed E-state index contributed by atoms with van der Waals surface area (Å²) < 4.78 is 45.1. The van der Waals surface area contributed by atoms with Gasteiger partial charge in [0, 0.05) is 15.4 Å². The maximum Gasteiger partial charge on any atom is 0.165 e. The monoisotopic (exact) mass is 490 g/mol. The van der Waals surface area contributed by atoms with E-state index in [0.29, 0.717) is 12.0 Å². The molecule has 3 aliphatic carbocycles. The van der Waals surface area contributed by atoms with Gasteiger partial charge in [-0.05, 0) is 101 Å². The van der Waals surface area contributed by atoms with Crippen molar-refractivity contribution in [1.29, 1.82) is 0 Å². The van der Waals surface area contributed by atoms with Crippen molar-refractivity contribution in [2.24, 2.45) is 23.7 Å². The molecular formula is C23H30F3I. The number of hydrogen-bond donors (Lipinski definition) is 0. The lowest BCUT2D eigenvalue weighted by molar-refractivity contribution is 0.0403. The Morgan fingerprint density at radius 1 is 0.889 bits per heavy atom. The van der Waals surface area contributed by atoms with Gasteiger partial charge in [-0.2, -0.15) is 0 Å². The van der Waals surface area contributed by atoms with Gasteiger partial charge in [0.2, 0.25) is 0 Å². The summed E-state index contributed by atoms with van der Waals surface area (Å²) in [5.74, 6) is -0.129. The largest absolute Gasteiger partial charge is 0.239 e. The fraction of sp³-hybridized carbons (Fsp3) is 0.739. The van der Waals surface area contributed by atoms with Crippen molar-refractivity contribution < 1.29 is 13.2 Å². The lowest BCUT2D eigenvalue weighted by Crippen LogP contribution is -2.34. The first-order chi connectivity index (χ1) is 12.8. The summed E-state index contributed by atoms with van der Waals surface area (Å²) in [6.45, 7) is 3.05. The Balaban J connectivity index is 1.45. The second kappa shape index (κ2) is 7.53. The molecule has 4 heteroatoms. The molecule has 2 saturated carbocycles. The Hall–Kier alpha value is -0.260. The van der Waals surface area contributed by atoms with Crippen LogP contribution in [0.1, 0.15) is 75.0 Å². The van der Waals surface area contributed by atoms with Crippen LogP contribution < -0.4 is 0 Å². The van der Waals surface area contributed by atoms with Gasteiger partial charge in [0.15, 0.2) is 11.6 Å². The summed E-state index contributed by atoms with van der Waals surface area (Å²) in [7, 11) is 0. The number of hydrogen-bond acceptors (Lipinski definition) is 0. The van der Waals surface area contributed by atoms with E-state index >= 15 is 4.39 Å². The van der Waals surface area contributed by atoms with Crippen LogP contribution in [0.25, 0.3) is 0 Å². The molecular weight excluding hydrogens is 460 g/mol. The Morgan fingerprint density at radius 2 is 1.41 bits per heavy atom. The minimum Gasteiger partial charge on any atom is -0.239 e. The van der Waals surface area contributed by atoms with E-state index in [9.17, 15) is 8.78 Å². The van der Waals surface area contributed by atoms with Gasteiger partial charge in [-0.25, -0.2) is 13.2 Å². The highest BCUT2D eigenvalue weighted by Crippen LogP contribution is 2.53. The van der Waals surface area contributed by atoms with Crippen LogP contribution in [0.15, 0.2) is 6.07 Å². The van der Waals surface area contributed by atoms with Gasteiger partial charge >= 0.3 is 0 Å². The molecule has 0 amide bonds. The number of fused-ring (bicyclic) bond motifs is 1. The predicted octanol–water partition coefficient (Wildman–Crippen LogP) is 7.43. The minimum atomic E-state index is -1.76. The second-order valence-electron chi connectivity index (χ2n) is 9.43. The van der Waals surface area contributed by atoms with Gasteiger partial charge in [0.25, 0.3) is 0 Å². The van der Waals surface area contributed by atoms with Crippen LogP contribution in [0.3, 0.4) is 0 Å². The highest BCUT2D eigenvalue weighted by Gasteiger charge is 2.50. The molecule has 0 heterocycles. The van der Waals surface area contributed by atoms with Crippen molar-refractivity contribution >= 4 is 22.6 Å². The first kappa shape index (κ1) is 20.0. The van der Waals surface area contributed by atoms with E-state index in [1.54, 1.807) is 13.0 Å². The van der Waals surface area contributed by atoms with Crippen LogP contribution in [0.5, 0.6) is 0 Å². The Morgan fingerprint density at radius 3 is 2.00 bits per heavy atom. The fourth-order valence-electron chi connectivity index (χ4n) is 6.30. The maximum absolute atomic E-state index is 15.7. The van der Waals surface area contributed by atoms with Gasteiger partial charge in [-0.3, -0.25) is 0 Å². The zero-order valence-electron chi connectivity index (χ0n) is 16.3. The molecule has 0 radical (unpaired) electrons. The predicted molar refractivity (Wildman–Crippen MR) is 112 cm³/mol. The number of halogens is 4. The average molecular weight is 490 g/mol. The Labute approximate surface area is 174 Å². The lowest BCUT2D eigenvalue weighted by atomic mass is 9.66. The first-order valence-electron chi connectivity index (χ1n) is 10.6. The van der Waals surface area contributed by atoms with Crippen molar-refractivity contribution in [1.82, 2.24) is 0 Å². The molecule has 0 nitrogen and oxygen atoms in total. The van der Waals surface area contributed by atoms with Gasteiger partial charge < -0.3 is 0 Å². The molecule has 0 spiro atoms. The highest BCUT2D eigenvalue weighted by atomic mass is 127. The summed E-state index contributed by atoms with van der Waals surface area (Å²) >= 11 is 2.58. The number of benzene rings is 1. The molecule has 0 aromatic heterocycles. The van der Waals surface area contributed by atoms with Crippen LogP contribution >= 0.6 is 22.6 Å². The molecule has 0 bridgehead atoms. The third-order valence-electron chi connectivity index (χ3n) is 7.85. The highest BCUT2D eigenvalue weighted by molar-refractivity contribution is 14.1. The van der Waals surface area contributed by atoms with Gasteiger partial charge in [-0.1, -0.05) is 28.7 Å². The van der Waals surface area contributed by atoms with E-state index in [1.165, 1.54) is 45.4 Å². The molecule has 150 valence electrons. The zero-order chi connectivity index (χ0) is 19.3. The van der Waals surface area contributed by atoms with E-state index in [0.717, 1.165) is 28.6 Å². The summed E-state index contributed by atoms with van der Waals surface area (Å²) in [6.07, 6.45) is 10.4. The SMILES string of the molecule is Cc1cc2c(c(F)c1F)C(C)(F)[C@@H](C1CCC(C3CCC(I)CC3)CC1)C2. The van der Waals surface area contributed by atoms with Crippen LogP contribution in [-0.2, 0) is 12.1 Å². The van der Waals surface area contributed by atoms with Crippen molar-refractivity contribution in [2.45, 2.75) is 81.2 Å². The fourth-order valence-corrected chi connectivity index (χ4v) is 7.02. The molecule has 1 aromatic carbocycles. The van der Waals surface area contributed by atoms with Crippen LogP contribution in [0.4, 0.5) is 13.2 Å². The van der Waals surface area contributed by atoms with Crippen LogP contribution in [-0.4, -0.2) is 3.92 Å². The molecule has 1 unspecified atom stereocenters. The molecule has 3 aliphatic rings. The Kier molecular flexibility index (Phi) is 5.59. The van der Waals surface area contributed by atoms with E-state index < -0.39 is 17.3 Å². The standard InChI is InChI=1S/C23H30F3I/c1-13-11-17-12-19(23(2,26)20(17)22(25)21(13)24)16-5-3-14(4-6-16)15-7-9-18(27)10-8-15/h11,14-16,18-19H,3-10,12H2,1-2H3/t14?,15?,16?,18?,19-,23?/m1/s1. The molecule has 2 atom stereocenters. The summed E-state index contributed by atoms with van der Waals surface area (Å²) in [5, 5.41) is 0. The number of aryl methyl sites for hydroxylation is 1. The van der Waals surface area contributed by atoms with Gasteiger partial charge in [0.1, 0.15) is 5.67 Å². The van der Waals surface area contributed by atoms with Crippen LogP contribution in [0, 0.1) is 42.2 Å². The molecule has 2 fully saturated rings. The molecule has 0 aliphatic heterocycles. The van der Waals surface area contributed by atoms with E-state index in [1.807, 2.05) is 0 Å². The van der Waals surface area contributed by atoms with Crippen molar-refractivity contribution in [3.8, 4) is 0 Å². The van der Waals surface area contributed by atoms with Gasteiger partial charge in [-0.15, -0.1) is 0 Å². The van der Waals surface area contributed by atoms with Crippen molar-refractivity contribution in [2.75, 3.05) is 0 Å². The molecule has 4 rings (SSSR count). The number of rotatable bonds is 2. The molecule has 0 saturated heterocycles. The quantitative estimate of drug-likeness (QED) is 0.299. The Bertz CT molecular complexity index is 698. The second-order valence-corrected chi connectivity index (χ2v) is 11.2. The summed E-state index contributed by atoms with van der Waals surface area (Å²) in [5.41, 5.74) is -0.788.